The van der Waals surface area contributed by atoms with Gasteiger partial charge < -0.3 is 10.1 Å². The van der Waals surface area contributed by atoms with E-state index >= 15 is 0 Å². The van der Waals surface area contributed by atoms with E-state index in [2.05, 4.69) is 5.32 Å². The molecule has 1 aromatic heterocycles. The lowest BCUT2D eigenvalue weighted by atomic mass is 10.1. The Morgan fingerprint density at radius 3 is 2.26 bits per heavy atom. The first-order valence-corrected chi connectivity index (χ1v) is 7.06. The van der Waals surface area contributed by atoms with Crippen LogP contribution in [0, 0.1) is 13.8 Å². The average Bonchev–Trinajstić information content (AvgIpc) is 2.47. The first-order chi connectivity index (χ1) is 10.8. The van der Waals surface area contributed by atoms with Crippen molar-refractivity contribution in [2.24, 2.45) is 14.1 Å². The lowest BCUT2D eigenvalue weighted by molar-refractivity contribution is -0.118. The van der Waals surface area contributed by atoms with E-state index in [1.807, 2.05) is 32.0 Å². The molecule has 0 saturated heterocycles. The summed E-state index contributed by atoms with van der Waals surface area (Å²) in [5, 5.41) is 2.50. The fourth-order valence-electron chi connectivity index (χ4n) is 2.20. The Kier molecular flexibility index (Phi) is 4.68. The van der Waals surface area contributed by atoms with Crippen LogP contribution in [0.15, 0.2) is 33.9 Å². The minimum Gasteiger partial charge on any atom is -0.484 e. The van der Waals surface area contributed by atoms with Gasteiger partial charge in [-0.2, -0.15) is 0 Å². The SMILES string of the molecule is Cc1cc(C)cc(OCC(=O)Nc2cc(=O)n(C)c(=O)n2C)c1. The van der Waals surface area contributed by atoms with Crippen LogP contribution >= 0.6 is 0 Å². The molecule has 7 nitrogen and oxygen atoms in total. The number of nitrogens with one attached hydrogen (secondary N) is 1. The van der Waals surface area contributed by atoms with Crippen LogP contribution in [0.5, 0.6) is 5.75 Å². The molecule has 0 aliphatic heterocycles. The van der Waals surface area contributed by atoms with Crippen LogP contribution in [0.1, 0.15) is 11.1 Å². The molecular formula is C16H19N3O4. The highest BCUT2D eigenvalue weighted by Gasteiger charge is 2.10. The molecule has 7 heteroatoms. The predicted molar refractivity (Wildman–Crippen MR) is 87.0 cm³/mol. The smallest absolute Gasteiger partial charge is 0.332 e. The molecule has 2 rings (SSSR count). The van der Waals surface area contributed by atoms with Crippen molar-refractivity contribution in [3.63, 3.8) is 0 Å². The minimum atomic E-state index is -0.511. The Labute approximate surface area is 133 Å². The second-order valence-corrected chi connectivity index (χ2v) is 5.43. The van der Waals surface area contributed by atoms with Crippen molar-refractivity contribution in [1.29, 1.82) is 0 Å². The number of aromatic nitrogens is 2. The molecule has 0 saturated carbocycles. The topological polar surface area (TPSA) is 82.3 Å². The molecule has 0 radical (unpaired) electrons. The number of rotatable bonds is 4. The van der Waals surface area contributed by atoms with Crippen LogP contribution in [0.4, 0.5) is 5.82 Å². The van der Waals surface area contributed by atoms with Crippen LogP contribution in [0.3, 0.4) is 0 Å². The zero-order chi connectivity index (χ0) is 17.1. The Balaban J connectivity index is 2.09. The number of carbonyl (C=O) groups is 1. The third-order valence-electron chi connectivity index (χ3n) is 3.36. The highest BCUT2D eigenvalue weighted by molar-refractivity contribution is 5.91. The minimum absolute atomic E-state index is 0.132. The van der Waals surface area contributed by atoms with Crippen LogP contribution < -0.4 is 21.3 Å². The maximum Gasteiger partial charge on any atom is 0.332 e. The van der Waals surface area contributed by atoms with E-state index in [-0.39, 0.29) is 12.4 Å². The van der Waals surface area contributed by atoms with Crippen molar-refractivity contribution >= 4 is 11.7 Å². The molecule has 23 heavy (non-hydrogen) atoms. The van der Waals surface area contributed by atoms with Crippen LogP contribution in [0.25, 0.3) is 0 Å². The van der Waals surface area contributed by atoms with E-state index in [9.17, 15) is 14.4 Å². The fraction of sp³-hybridized carbons (Fsp3) is 0.312. The van der Waals surface area contributed by atoms with Crippen molar-refractivity contribution in [2.45, 2.75) is 13.8 Å². The molecule has 0 aliphatic rings. The highest BCUT2D eigenvalue weighted by atomic mass is 16.5. The largest absolute Gasteiger partial charge is 0.484 e. The first-order valence-electron chi connectivity index (χ1n) is 7.06. The van der Waals surface area contributed by atoms with Crippen LogP contribution in [0.2, 0.25) is 0 Å². The van der Waals surface area contributed by atoms with Crippen molar-refractivity contribution in [3.8, 4) is 5.75 Å². The Bertz CT molecular complexity index is 844. The van der Waals surface area contributed by atoms with Gasteiger partial charge in [-0.3, -0.25) is 18.7 Å². The number of carbonyl (C=O) groups excluding carboxylic acids is 1. The van der Waals surface area contributed by atoms with Gasteiger partial charge in [-0.05, 0) is 37.1 Å². The van der Waals surface area contributed by atoms with Gasteiger partial charge in [0.25, 0.3) is 11.5 Å². The van der Waals surface area contributed by atoms with Gasteiger partial charge in [0, 0.05) is 20.2 Å². The molecule has 0 bridgehead atoms. The quantitative estimate of drug-likeness (QED) is 0.901. The van der Waals surface area contributed by atoms with Crippen LogP contribution in [-0.4, -0.2) is 21.6 Å². The molecule has 1 aromatic carbocycles. The van der Waals surface area contributed by atoms with Gasteiger partial charge in [-0.25, -0.2) is 4.79 Å². The van der Waals surface area contributed by atoms with E-state index in [1.165, 1.54) is 24.7 Å². The summed E-state index contributed by atoms with van der Waals surface area (Å²) in [6, 6.07) is 6.85. The van der Waals surface area contributed by atoms with Gasteiger partial charge in [-0.15, -0.1) is 0 Å². The normalized spacial score (nSPS) is 10.4. The van der Waals surface area contributed by atoms with E-state index in [1.54, 1.807) is 0 Å². The zero-order valence-corrected chi connectivity index (χ0v) is 13.5. The molecule has 1 N–H and O–H groups in total. The molecule has 0 aliphatic carbocycles. The van der Waals surface area contributed by atoms with Gasteiger partial charge in [0.2, 0.25) is 0 Å². The zero-order valence-electron chi connectivity index (χ0n) is 13.5. The third kappa shape index (κ3) is 3.88. The van der Waals surface area contributed by atoms with E-state index < -0.39 is 17.2 Å². The van der Waals surface area contributed by atoms with Gasteiger partial charge >= 0.3 is 5.69 Å². The number of amides is 1. The Morgan fingerprint density at radius 1 is 1.04 bits per heavy atom. The van der Waals surface area contributed by atoms with E-state index in [4.69, 9.17) is 4.74 Å². The lowest BCUT2D eigenvalue weighted by Gasteiger charge is -2.12. The first kappa shape index (κ1) is 16.5. The van der Waals surface area contributed by atoms with Crippen molar-refractivity contribution in [1.82, 2.24) is 9.13 Å². The monoisotopic (exact) mass is 317 g/mol. The number of ether oxygens (including phenoxy) is 1. The second-order valence-electron chi connectivity index (χ2n) is 5.43. The second kappa shape index (κ2) is 6.51. The maximum atomic E-state index is 12.0. The predicted octanol–water partition coefficient (Wildman–Crippen LogP) is 0.718. The number of nitrogens with zero attached hydrogens (tertiary/aromatic N) is 2. The van der Waals surface area contributed by atoms with Crippen LogP contribution in [-0.2, 0) is 18.9 Å². The summed E-state index contributed by atoms with van der Waals surface area (Å²) in [4.78, 5) is 35.4. The van der Waals surface area contributed by atoms with E-state index in [0.717, 1.165) is 15.7 Å². The highest BCUT2D eigenvalue weighted by Crippen LogP contribution is 2.16. The number of anilines is 1. The molecule has 122 valence electrons. The summed E-state index contributed by atoms with van der Waals surface area (Å²) < 4.78 is 7.59. The third-order valence-corrected chi connectivity index (χ3v) is 3.36. The van der Waals surface area contributed by atoms with Crippen molar-refractivity contribution < 1.29 is 9.53 Å². The number of hydrogen-bond donors (Lipinski definition) is 1. The Morgan fingerprint density at radius 2 is 1.65 bits per heavy atom. The summed E-state index contributed by atoms with van der Waals surface area (Å²) in [6.45, 7) is 3.66. The molecule has 1 amide bonds. The molecule has 1 heterocycles. The molecule has 0 atom stereocenters. The Hall–Kier alpha value is -2.83. The maximum absolute atomic E-state index is 12.0. The molecule has 2 aromatic rings. The summed E-state index contributed by atoms with van der Waals surface area (Å²) in [5.74, 6) is 0.273. The summed E-state index contributed by atoms with van der Waals surface area (Å²) in [5.41, 5.74) is 1.07. The van der Waals surface area contributed by atoms with Gasteiger partial charge in [0.15, 0.2) is 6.61 Å². The molecule has 0 unspecified atom stereocenters. The van der Waals surface area contributed by atoms with Gasteiger partial charge in [0.1, 0.15) is 11.6 Å². The van der Waals surface area contributed by atoms with E-state index in [0.29, 0.717) is 5.75 Å². The number of benzene rings is 1. The molecule has 0 fully saturated rings. The molecule has 0 spiro atoms. The lowest BCUT2D eigenvalue weighted by Crippen LogP contribution is -2.38. The number of hydrogen-bond acceptors (Lipinski definition) is 4. The van der Waals surface area contributed by atoms with Crippen molar-refractivity contribution in [3.05, 3.63) is 56.2 Å². The van der Waals surface area contributed by atoms with Gasteiger partial charge in [-0.1, -0.05) is 6.07 Å². The summed E-state index contributed by atoms with van der Waals surface area (Å²) in [7, 11) is 2.85. The summed E-state index contributed by atoms with van der Waals surface area (Å²) in [6.07, 6.45) is 0. The summed E-state index contributed by atoms with van der Waals surface area (Å²) >= 11 is 0. The van der Waals surface area contributed by atoms with Crippen molar-refractivity contribution in [2.75, 3.05) is 11.9 Å². The van der Waals surface area contributed by atoms with Gasteiger partial charge in [0.05, 0.1) is 0 Å². The fourth-order valence-corrected chi connectivity index (χ4v) is 2.20. The standard InChI is InChI=1S/C16H19N3O4/c1-10-5-11(2)7-12(6-10)23-9-14(20)17-13-8-15(21)19(4)16(22)18(13)3/h5-8H,9H2,1-4H3,(H,17,20). The average molecular weight is 317 g/mol. The number of aryl methyl sites for hydroxylation is 2. The molecular weight excluding hydrogens is 298 g/mol.